The average Bonchev–Trinajstić information content (AvgIpc) is 3.10. The van der Waals surface area contributed by atoms with Crippen LogP contribution in [0.5, 0.6) is 0 Å². The molecule has 1 heterocycles. The van der Waals surface area contributed by atoms with Gasteiger partial charge in [-0.25, -0.2) is 0 Å². The lowest BCUT2D eigenvalue weighted by molar-refractivity contribution is -0.147. The molecular formula is C29H41NO2. The van der Waals surface area contributed by atoms with Gasteiger partial charge in [0.15, 0.2) is 0 Å². The molecule has 2 unspecified atom stereocenters. The lowest BCUT2D eigenvalue weighted by Gasteiger charge is -2.59. The van der Waals surface area contributed by atoms with Crippen LogP contribution in [-0.4, -0.2) is 17.7 Å². The van der Waals surface area contributed by atoms with E-state index in [0.29, 0.717) is 35.5 Å². The van der Waals surface area contributed by atoms with Gasteiger partial charge < -0.3 is 5.32 Å². The van der Waals surface area contributed by atoms with Gasteiger partial charge in [0, 0.05) is 23.3 Å². The number of amides is 1. The van der Waals surface area contributed by atoms with Crippen molar-refractivity contribution in [2.45, 2.75) is 90.5 Å². The molecule has 4 bridgehead atoms. The van der Waals surface area contributed by atoms with E-state index < -0.39 is 0 Å². The van der Waals surface area contributed by atoms with Gasteiger partial charge in [-0.05, 0) is 124 Å². The molecule has 1 N–H and O–H groups in total. The van der Waals surface area contributed by atoms with Crippen molar-refractivity contribution < 1.29 is 9.59 Å². The number of nitrogens with one attached hydrogen (secondary N) is 1. The Kier molecular flexibility index (Phi) is 4.26. The molecule has 7 aliphatic carbocycles. The van der Waals surface area contributed by atoms with Crippen molar-refractivity contribution >= 4 is 11.7 Å². The summed E-state index contributed by atoms with van der Waals surface area (Å²) in [6, 6.07) is 0.303. The second-order valence-electron chi connectivity index (χ2n) is 13.7. The summed E-state index contributed by atoms with van der Waals surface area (Å²) < 4.78 is 0. The van der Waals surface area contributed by atoms with Crippen molar-refractivity contribution in [2.24, 2.45) is 64.1 Å². The molecule has 1 amide bonds. The summed E-state index contributed by atoms with van der Waals surface area (Å²) in [5.41, 5.74) is 0.319. The minimum atomic E-state index is 0.0915. The first-order chi connectivity index (χ1) is 15.4. The van der Waals surface area contributed by atoms with Crippen LogP contribution in [0.1, 0.15) is 84.5 Å². The van der Waals surface area contributed by atoms with E-state index in [1.807, 2.05) is 0 Å². The van der Waals surface area contributed by atoms with Crippen LogP contribution in [0.4, 0.5) is 0 Å². The second-order valence-corrected chi connectivity index (χ2v) is 13.7. The Labute approximate surface area is 193 Å². The van der Waals surface area contributed by atoms with E-state index in [1.54, 1.807) is 6.08 Å². The predicted octanol–water partition coefficient (Wildman–Crippen LogP) is 5.54. The molecule has 0 saturated heterocycles. The Morgan fingerprint density at radius 3 is 2.34 bits per heavy atom. The van der Waals surface area contributed by atoms with Crippen molar-refractivity contribution in [2.75, 3.05) is 0 Å². The molecule has 0 aromatic carbocycles. The zero-order chi connectivity index (χ0) is 21.8. The Balaban J connectivity index is 1.15. The van der Waals surface area contributed by atoms with Gasteiger partial charge in [0.05, 0.1) is 0 Å². The van der Waals surface area contributed by atoms with Crippen LogP contribution in [-0.2, 0) is 9.59 Å². The van der Waals surface area contributed by atoms with Gasteiger partial charge in [-0.3, -0.25) is 9.59 Å². The third-order valence-corrected chi connectivity index (χ3v) is 12.6. The zero-order valence-corrected chi connectivity index (χ0v) is 20.0. The highest BCUT2D eigenvalue weighted by Crippen LogP contribution is 2.66. The van der Waals surface area contributed by atoms with E-state index in [4.69, 9.17) is 0 Å². The summed E-state index contributed by atoms with van der Waals surface area (Å²) in [5, 5.41) is 3.28. The summed E-state index contributed by atoms with van der Waals surface area (Å²) in [6.07, 6.45) is 18.2. The molecule has 32 heavy (non-hydrogen) atoms. The highest BCUT2D eigenvalue weighted by atomic mass is 16.1. The lowest BCUT2D eigenvalue weighted by atomic mass is 9.46. The van der Waals surface area contributed by atoms with Crippen LogP contribution >= 0.6 is 0 Å². The quantitative estimate of drug-likeness (QED) is 0.619. The SMILES string of the molecule is C[C@]12C=CC(=O)NC1CC[C@@H]1[C@H]2CC[C@]2(C)C(C(=O)C3C4CC5CC(C4)CC3C5)CC[C@@H]12. The number of fused-ring (bicyclic) bond motifs is 5. The fraction of sp³-hybridized carbons (Fsp3) is 0.862. The maximum absolute atomic E-state index is 14.2. The van der Waals surface area contributed by atoms with E-state index >= 15 is 0 Å². The molecule has 3 heteroatoms. The molecule has 0 spiro atoms. The van der Waals surface area contributed by atoms with E-state index in [1.165, 1.54) is 57.8 Å². The van der Waals surface area contributed by atoms with E-state index in [9.17, 15) is 9.59 Å². The highest BCUT2D eigenvalue weighted by Gasteiger charge is 2.62. The molecule has 0 aromatic rings. The van der Waals surface area contributed by atoms with Crippen LogP contribution in [0.25, 0.3) is 0 Å². The van der Waals surface area contributed by atoms with Gasteiger partial charge in [0.25, 0.3) is 0 Å². The Morgan fingerprint density at radius 2 is 1.62 bits per heavy atom. The van der Waals surface area contributed by atoms with Gasteiger partial charge in [-0.1, -0.05) is 19.9 Å². The third-order valence-electron chi connectivity index (χ3n) is 12.6. The maximum Gasteiger partial charge on any atom is 0.243 e. The minimum Gasteiger partial charge on any atom is -0.349 e. The number of Topliss-reactive ketones (excluding diaryl/α,β-unsaturated/α-hetero) is 1. The van der Waals surface area contributed by atoms with Crippen LogP contribution in [0.2, 0.25) is 0 Å². The molecule has 7 atom stereocenters. The van der Waals surface area contributed by atoms with Crippen molar-refractivity contribution in [3.63, 3.8) is 0 Å². The van der Waals surface area contributed by atoms with Gasteiger partial charge in [0.2, 0.25) is 5.91 Å². The normalized spacial score (nSPS) is 57.5. The van der Waals surface area contributed by atoms with Crippen LogP contribution in [0, 0.1) is 64.1 Å². The van der Waals surface area contributed by atoms with Crippen LogP contribution in [0.3, 0.4) is 0 Å². The first-order valence-corrected chi connectivity index (χ1v) is 13.9. The highest BCUT2D eigenvalue weighted by molar-refractivity contribution is 5.89. The van der Waals surface area contributed by atoms with Crippen molar-refractivity contribution in [3.05, 3.63) is 12.2 Å². The number of carbonyl (C=O) groups excluding carboxylic acids is 2. The van der Waals surface area contributed by atoms with Crippen LogP contribution < -0.4 is 5.32 Å². The van der Waals surface area contributed by atoms with Gasteiger partial charge in [0.1, 0.15) is 5.78 Å². The van der Waals surface area contributed by atoms with Crippen LogP contribution in [0.15, 0.2) is 12.2 Å². The lowest BCUT2D eigenvalue weighted by Crippen LogP contribution is -2.59. The molecule has 7 saturated carbocycles. The summed E-state index contributed by atoms with van der Waals surface area (Å²) in [7, 11) is 0. The molecule has 0 aromatic heterocycles. The Bertz CT molecular complexity index is 848. The molecule has 1 aliphatic heterocycles. The number of hydrogen-bond acceptors (Lipinski definition) is 2. The molecule has 7 fully saturated rings. The molecule has 0 radical (unpaired) electrons. The fourth-order valence-corrected chi connectivity index (χ4v) is 11.4. The van der Waals surface area contributed by atoms with Gasteiger partial charge in [-0.2, -0.15) is 0 Å². The number of hydrogen-bond donors (Lipinski definition) is 1. The largest absolute Gasteiger partial charge is 0.349 e. The Morgan fingerprint density at radius 1 is 0.906 bits per heavy atom. The third kappa shape index (κ3) is 2.60. The van der Waals surface area contributed by atoms with E-state index in [0.717, 1.165) is 42.4 Å². The number of ketones is 1. The molecule has 3 nitrogen and oxygen atoms in total. The number of rotatable bonds is 2. The van der Waals surface area contributed by atoms with E-state index in [-0.39, 0.29) is 16.7 Å². The molecule has 8 aliphatic rings. The zero-order valence-electron chi connectivity index (χ0n) is 20.0. The second kappa shape index (κ2) is 6.72. The fourth-order valence-electron chi connectivity index (χ4n) is 11.4. The maximum atomic E-state index is 14.2. The molecule has 8 rings (SSSR count). The van der Waals surface area contributed by atoms with E-state index in [2.05, 4.69) is 25.2 Å². The first-order valence-electron chi connectivity index (χ1n) is 13.9. The summed E-state index contributed by atoms with van der Waals surface area (Å²) in [6.45, 7) is 4.92. The van der Waals surface area contributed by atoms with Crippen molar-refractivity contribution in [1.82, 2.24) is 5.32 Å². The summed E-state index contributed by atoms with van der Waals surface area (Å²) in [4.78, 5) is 26.2. The standard InChI is InChI=1S/C29H41NO2/c1-28-9-7-22-20(3-6-24-29(22,2)10-8-25(31)30-24)21(28)4-5-23(28)27(32)26-18-12-16-11-17(14-18)15-19(26)13-16/h8,10,16-24,26H,3-7,9,11-15H2,1-2H3,(H,30,31)/t16?,17?,18?,19?,20-,21-,22+,23?,24?,26?,28-,29+/m0/s1. The summed E-state index contributed by atoms with van der Waals surface area (Å²) in [5.74, 6) is 6.97. The predicted molar refractivity (Wildman–Crippen MR) is 124 cm³/mol. The Hall–Kier alpha value is -1.12. The number of carbonyl (C=O) groups is 2. The minimum absolute atomic E-state index is 0.0915. The molecular weight excluding hydrogens is 394 g/mol. The summed E-state index contributed by atoms with van der Waals surface area (Å²) >= 11 is 0. The van der Waals surface area contributed by atoms with Crippen molar-refractivity contribution in [3.8, 4) is 0 Å². The van der Waals surface area contributed by atoms with Crippen molar-refractivity contribution in [1.29, 1.82) is 0 Å². The first kappa shape index (κ1) is 20.3. The monoisotopic (exact) mass is 435 g/mol. The van der Waals surface area contributed by atoms with Gasteiger partial charge in [-0.15, -0.1) is 0 Å². The molecule has 174 valence electrons. The topological polar surface area (TPSA) is 46.2 Å². The average molecular weight is 436 g/mol. The van der Waals surface area contributed by atoms with Gasteiger partial charge >= 0.3 is 0 Å². The smallest absolute Gasteiger partial charge is 0.243 e.